The van der Waals surface area contributed by atoms with Crippen molar-refractivity contribution in [3.05, 3.63) is 0 Å². The number of unbranched alkanes of at least 4 members (excludes halogenated alkanes) is 1. The third-order valence-corrected chi connectivity index (χ3v) is 4.13. The summed E-state index contributed by atoms with van der Waals surface area (Å²) in [6.07, 6.45) is 7.79. The van der Waals surface area contributed by atoms with E-state index in [1.807, 2.05) is 11.9 Å². The van der Waals surface area contributed by atoms with E-state index in [-0.39, 0.29) is 0 Å². The highest BCUT2D eigenvalue weighted by Gasteiger charge is 2.36. The Bertz CT molecular complexity index is 242. The maximum Gasteiger partial charge on any atom is 0.222 e. The van der Waals surface area contributed by atoms with E-state index in [1.54, 1.807) is 0 Å². The fourth-order valence-corrected chi connectivity index (χ4v) is 3.05. The molecule has 1 amide bonds. The van der Waals surface area contributed by atoms with Crippen molar-refractivity contribution in [2.24, 2.45) is 0 Å². The smallest absolute Gasteiger partial charge is 0.222 e. The molecule has 3 nitrogen and oxygen atoms in total. The first-order valence-corrected chi connectivity index (χ1v) is 6.72. The van der Waals surface area contributed by atoms with Gasteiger partial charge in [-0.1, -0.05) is 13.3 Å². The van der Waals surface area contributed by atoms with Gasteiger partial charge in [-0.3, -0.25) is 4.79 Å². The van der Waals surface area contributed by atoms with Gasteiger partial charge in [-0.15, -0.1) is 0 Å². The van der Waals surface area contributed by atoms with Crippen LogP contribution in [-0.2, 0) is 4.79 Å². The van der Waals surface area contributed by atoms with Crippen LogP contribution in [0.25, 0.3) is 0 Å². The normalized spacial score (nSPS) is 32.8. The van der Waals surface area contributed by atoms with Crippen molar-refractivity contribution < 1.29 is 4.79 Å². The third kappa shape index (κ3) is 2.57. The summed E-state index contributed by atoms with van der Waals surface area (Å²) in [4.78, 5) is 14.0. The molecule has 2 heterocycles. The van der Waals surface area contributed by atoms with Crippen molar-refractivity contribution in [1.29, 1.82) is 0 Å². The molecular formula is C13H24N2O. The van der Waals surface area contributed by atoms with Crippen molar-refractivity contribution in [3.8, 4) is 0 Å². The Morgan fingerprint density at radius 1 is 1.31 bits per heavy atom. The average Bonchev–Trinajstić information content (AvgIpc) is 2.64. The second kappa shape index (κ2) is 5.17. The first kappa shape index (κ1) is 11.9. The quantitative estimate of drug-likeness (QED) is 0.791. The van der Waals surface area contributed by atoms with Gasteiger partial charge in [0.25, 0.3) is 0 Å². The molecule has 2 rings (SSSR count). The molecule has 2 aliphatic heterocycles. The average molecular weight is 224 g/mol. The Morgan fingerprint density at radius 2 is 1.94 bits per heavy atom. The summed E-state index contributed by atoms with van der Waals surface area (Å²) >= 11 is 0. The molecule has 0 aromatic heterocycles. The Balaban J connectivity index is 1.84. The molecule has 0 aromatic rings. The van der Waals surface area contributed by atoms with Crippen molar-refractivity contribution >= 4 is 5.91 Å². The number of amides is 1. The third-order valence-electron chi connectivity index (χ3n) is 4.13. The number of nitrogens with zero attached hydrogens (tertiary/aromatic N) is 1. The Hall–Kier alpha value is -0.570. The van der Waals surface area contributed by atoms with Crippen LogP contribution in [0.5, 0.6) is 0 Å². The number of carbonyl (C=O) groups is 1. The predicted molar refractivity (Wildman–Crippen MR) is 65.3 cm³/mol. The van der Waals surface area contributed by atoms with Crippen molar-refractivity contribution in [1.82, 2.24) is 10.2 Å². The van der Waals surface area contributed by atoms with Gasteiger partial charge in [0.1, 0.15) is 0 Å². The van der Waals surface area contributed by atoms with E-state index in [4.69, 9.17) is 0 Å². The maximum atomic E-state index is 11.9. The van der Waals surface area contributed by atoms with E-state index < -0.39 is 0 Å². The highest BCUT2D eigenvalue weighted by Crippen LogP contribution is 2.29. The van der Waals surface area contributed by atoms with E-state index in [0.29, 0.717) is 24.0 Å². The molecule has 3 heteroatoms. The Labute approximate surface area is 98.6 Å². The minimum atomic E-state index is 0.341. The van der Waals surface area contributed by atoms with Crippen molar-refractivity contribution in [3.63, 3.8) is 0 Å². The number of rotatable bonds is 4. The van der Waals surface area contributed by atoms with Crippen LogP contribution in [-0.4, -0.2) is 36.0 Å². The first-order chi connectivity index (χ1) is 7.70. The molecule has 1 N–H and O–H groups in total. The molecule has 0 spiro atoms. The molecule has 0 aromatic carbocycles. The van der Waals surface area contributed by atoms with Gasteiger partial charge in [-0.2, -0.15) is 0 Å². The fourth-order valence-electron chi connectivity index (χ4n) is 3.05. The van der Waals surface area contributed by atoms with Gasteiger partial charge in [0.15, 0.2) is 0 Å². The van der Waals surface area contributed by atoms with Gasteiger partial charge in [-0.25, -0.2) is 0 Å². The Kier molecular flexibility index (Phi) is 3.85. The van der Waals surface area contributed by atoms with Crippen LogP contribution in [0.1, 0.15) is 51.9 Å². The van der Waals surface area contributed by atoms with Gasteiger partial charge in [0, 0.05) is 31.6 Å². The zero-order valence-electron chi connectivity index (χ0n) is 10.5. The van der Waals surface area contributed by atoms with E-state index >= 15 is 0 Å². The van der Waals surface area contributed by atoms with E-state index in [1.165, 1.54) is 12.8 Å². The van der Waals surface area contributed by atoms with Gasteiger partial charge < -0.3 is 10.2 Å². The Morgan fingerprint density at radius 3 is 2.50 bits per heavy atom. The summed E-state index contributed by atoms with van der Waals surface area (Å²) in [5, 5.41) is 3.62. The number of fused-ring (bicyclic) bond motifs is 2. The van der Waals surface area contributed by atoms with Gasteiger partial charge >= 0.3 is 0 Å². The molecule has 2 fully saturated rings. The first-order valence-electron chi connectivity index (χ1n) is 6.72. The molecule has 92 valence electrons. The lowest BCUT2D eigenvalue weighted by molar-refractivity contribution is -0.132. The zero-order chi connectivity index (χ0) is 11.5. The SMILES string of the molecule is CCCCC(=O)N(C)C1CC2CCC(C1)N2. The predicted octanol–water partition coefficient (Wildman–Crippen LogP) is 1.92. The molecule has 2 atom stereocenters. The molecule has 2 bridgehead atoms. The maximum absolute atomic E-state index is 11.9. The van der Waals surface area contributed by atoms with Crippen LogP contribution in [0.2, 0.25) is 0 Å². The number of hydrogen-bond acceptors (Lipinski definition) is 2. The zero-order valence-corrected chi connectivity index (χ0v) is 10.5. The van der Waals surface area contributed by atoms with Crippen LogP contribution in [0.3, 0.4) is 0 Å². The molecule has 0 radical (unpaired) electrons. The molecule has 2 aliphatic rings. The second-order valence-corrected chi connectivity index (χ2v) is 5.37. The molecule has 2 unspecified atom stereocenters. The number of nitrogens with one attached hydrogen (secondary N) is 1. The lowest BCUT2D eigenvalue weighted by Gasteiger charge is -2.35. The summed E-state index contributed by atoms with van der Waals surface area (Å²) in [7, 11) is 1.99. The van der Waals surface area contributed by atoms with E-state index in [0.717, 1.165) is 32.1 Å². The topological polar surface area (TPSA) is 32.3 Å². The summed E-state index contributed by atoms with van der Waals surface area (Å²) in [6, 6.07) is 1.83. The van der Waals surface area contributed by atoms with Crippen LogP contribution < -0.4 is 5.32 Å². The summed E-state index contributed by atoms with van der Waals surface area (Å²) in [5.41, 5.74) is 0. The lowest BCUT2D eigenvalue weighted by atomic mass is 9.98. The van der Waals surface area contributed by atoms with Gasteiger partial charge in [0.05, 0.1) is 0 Å². The number of hydrogen-bond donors (Lipinski definition) is 1. The number of piperidine rings is 1. The fraction of sp³-hybridized carbons (Fsp3) is 0.923. The van der Waals surface area contributed by atoms with E-state index in [9.17, 15) is 4.79 Å². The standard InChI is InChI=1S/C13H24N2O/c1-3-4-5-13(16)15(2)12-8-10-6-7-11(9-12)14-10/h10-12,14H,3-9H2,1-2H3. The van der Waals surface area contributed by atoms with Crippen LogP contribution in [0.4, 0.5) is 0 Å². The molecule has 16 heavy (non-hydrogen) atoms. The van der Waals surface area contributed by atoms with Gasteiger partial charge in [0.2, 0.25) is 5.91 Å². The minimum Gasteiger partial charge on any atom is -0.343 e. The summed E-state index contributed by atoms with van der Waals surface area (Å²) < 4.78 is 0. The number of carbonyl (C=O) groups excluding carboxylic acids is 1. The van der Waals surface area contributed by atoms with Crippen molar-refractivity contribution in [2.75, 3.05) is 7.05 Å². The largest absolute Gasteiger partial charge is 0.343 e. The van der Waals surface area contributed by atoms with Crippen LogP contribution >= 0.6 is 0 Å². The summed E-state index contributed by atoms with van der Waals surface area (Å²) in [6.45, 7) is 2.14. The molecular weight excluding hydrogens is 200 g/mol. The highest BCUT2D eigenvalue weighted by molar-refractivity contribution is 5.76. The van der Waals surface area contributed by atoms with Gasteiger partial charge in [-0.05, 0) is 32.1 Å². The lowest BCUT2D eigenvalue weighted by Crippen LogP contribution is -2.48. The van der Waals surface area contributed by atoms with Crippen LogP contribution in [0, 0.1) is 0 Å². The minimum absolute atomic E-state index is 0.341. The van der Waals surface area contributed by atoms with Crippen LogP contribution in [0.15, 0.2) is 0 Å². The highest BCUT2D eigenvalue weighted by atomic mass is 16.2. The van der Waals surface area contributed by atoms with E-state index in [2.05, 4.69) is 12.2 Å². The molecule has 0 aliphatic carbocycles. The van der Waals surface area contributed by atoms with Crippen molar-refractivity contribution in [2.45, 2.75) is 70.0 Å². The monoisotopic (exact) mass is 224 g/mol. The molecule has 2 saturated heterocycles. The molecule has 0 saturated carbocycles. The summed E-state index contributed by atoms with van der Waals surface area (Å²) in [5.74, 6) is 0.341. The second-order valence-electron chi connectivity index (χ2n) is 5.37.